The van der Waals surface area contributed by atoms with Crippen LogP contribution in [0.5, 0.6) is 0 Å². The Labute approximate surface area is 115 Å². The van der Waals surface area contributed by atoms with Crippen LogP contribution in [0, 0.1) is 20.8 Å². The summed E-state index contributed by atoms with van der Waals surface area (Å²) in [6.07, 6.45) is 1.92. The fourth-order valence-corrected chi connectivity index (χ4v) is 2.45. The van der Waals surface area contributed by atoms with Gasteiger partial charge in [0.25, 0.3) is 0 Å². The van der Waals surface area contributed by atoms with Crippen LogP contribution in [-0.2, 0) is 5.33 Å². The summed E-state index contributed by atoms with van der Waals surface area (Å²) in [5, 5.41) is 0.580. The zero-order chi connectivity index (χ0) is 13.3. The summed E-state index contributed by atoms with van der Waals surface area (Å²) in [5.41, 5.74) is 5.45. The molecule has 0 radical (unpaired) electrons. The number of halogens is 1. The van der Waals surface area contributed by atoms with E-state index in [0.717, 1.165) is 16.9 Å². The molecule has 0 aliphatic heterocycles. The molecule has 3 heteroatoms. The van der Waals surface area contributed by atoms with Gasteiger partial charge in [-0.05, 0) is 38.0 Å². The van der Waals surface area contributed by atoms with Crippen LogP contribution in [0.2, 0.25) is 0 Å². The second-order valence-electron chi connectivity index (χ2n) is 4.53. The predicted octanol–water partition coefficient (Wildman–Crippen LogP) is 3.66. The first kappa shape index (κ1) is 13.1. The largest absolute Gasteiger partial charge is 0.320 e. The Morgan fingerprint density at radius 3 is 2.61 bits per heavy atom. The molecule has 0 saturated carbocycles. The van der Waals surface area contributed by atoms with Gasteiger partial charge in [-0.3, -0.25) is 4.79 Å². The van der Waals surface area contributed by atoms with Crippen LogP contribution in [0.1, 0.15) is 22.4 Å². The monoisotopic (exact) mass is 305 g/mol. The maximum Gasteiger partial charge on any atom is 0.185 e. The molecule has 0 amide bonds. The van der Waals surface area contributed by atoms with Crippen LogP contribution in [0.4, 0.5) is 0 Å². The normalized spacial score (nSPS) is 10.7. The van der Waals surface area contributed by atoms with Crippen molar-refractivity contribution >= 4 is 15.9 Å². The molecule has 0 aliphatic rings. The lowest BCUT2D eigenvalue weighted by atomic mass is 10.1. The van der Waals surface area contributed by atoms with Gasteiger partial charge in [-0.2, -0.15) is 0 Å². The lowest BCUT2D eigenvalue weighted by Gasteiger charge is -2.15. The highest BCUT2D eigenvalue weighted by molar-refractivity contribution is 9.08. The van der Waals surface area contributed by atoms with E-state index in [0.29, 0.717) is 5.33 Å². The van der Waals surface area contributed by atoms with Gasteiger partial charge < -0.3 is 4.57 Å². The van der Waals surface area contributed by atoms with Crippen molar-refractivity contribution in [2.45, 2.75) is 26.1 Å². The summed E-state index contributed by atoms with van der Waals surface area (Å²) < 4.78 is 2.08. The van der Waals surface area contributed by atoms with E-state index in [2.05, 4.69) is 46.5 Å². The van der Waals surface area contributed by atoms with Crippen LogP contribution < -0.4 is 5.43 Å². The van der Waals surface area contributed by atoms with Crippen molar-refractivity contribution in [3.63, 3.8) is 0 Å². The van der Waals surface area contributed by atoms with Gasteiger partial charge in [0, 0.05) is 34.5 Å². The minimum atomic E-state index is 0.0888. The molecule has 0 spiro atoms. The summed E-state index contributed by atoms with van der Waals surface area (Å²) in [4.78, 5) is 11.8. The van der Waals surface area contributed by atoms with E-state index in [4.69, 9.17) is 0 Å². The van der Waals surface area contributed by atoms with Crippen LogP contribution in [-0.4, -0.2) is 4.57 Å². The maximum atomic E-state index is 11.8. The van der Waals surface area contributed by atoms with Crippen LogP contribution >= 0.6 is 15.9 Å². The molecule has 0 unspecified atom stereocenters. The summed E-state index contributed by atoms with van der Waals surface area (Å²) in [5.74, 6) is 0. The smallest absolute Gasteiger partial charge is 0.185 e. The van der Waals surface area contributed by atoms with Gasteiger partial charge in [0.2, 0.25) is 0 Å². The third-order valence-corrected chi connectivity index (χ3v) is 3.91. The molecular weight excluding hydrogens is 290 g/mol. The van der Waals surface area contributed by atoms with Gasteiger partial charge in [0.05, 0.1) is 0 Å². The van der Waals surface area contributed by atoms with Gasteiger partial charge in [-0.15, -0.1) is 0 Å². The van der Waals surface area contributed by atoms with E-state index in [1.165, 1.54) is 11.1 Å². The Morgan fingerprint density at radius 1 is 1.22 bits per heavy atom. The standard InChI is InChI=1S/C15H16BrNO/c1-10-5-4-6-14(12(10)3)17-9-13(8-16)15(18)7-11(17)2/h4-7,9H,8H2,1-3H3. The average molecular weight is 306 g/mol. The predicted molar refractivity (Wildman–Crippen MR) is 78.9 cm³/mol. The third-order valence-electron chi connectivity index (χ3n) is 3.30. The molecule has 94 valence electrons. The van der Waals surface area contributed by atoms with Crippen molar-refractivity contribution in [2.24, 2.45) is 0 Å². The summed E-state index contributed by atoms with van der Waals surface area (Å²) >= 11 is 3.36. The van der Waals surface area contributed by atoms with Crippen LogP contribution in [0.15, 0.2) is 35.3 Å². The fraction of sp³-hybridized carbons (Fsp3) is 0.267. The van der Waals surface area contributed by atoms with Crippen LogP contribution in [0.25, 0.3) is 5.69 Å². The number of hydrogen-bond donors (Lipinski definition) is 0. The first-order valence-corrected chi connectivity index (χ1v) is 7.01. The molecule has 0 fully saturated rings. The zero-order valence-electron chi connectivity index (χ0n) is 10.8. The Balaban J connectivity index is 2.71. The molecule has 0 saturated heterocycles. The molecule has 1 aromatic heterocycles. The molecule has 0 bridgehead atoms. The minimum absolute atomic E-state index is 0.0888. The number of aromatic nitrogens is 1. The molecular formula is C15H16BrNO. The van der Waals surface area contributed by atoms with Gasteiger partial charge in [0.15, 0.2) is 5.43 Å². The molecule has 2 rings (SSSR count). The van der Waals surface area contributed by atoms with Gasteiger partial charge in [-0.25, -0.2) is 0 Å². The highest BCUT2D eigenvalue weighted by atomic mass is 79.9. The highest BCUT2D eigenvalue weighted by Gasteiger charge is 2.07. The van der Waals surface area contributed by atoms with Crippen molar-refractivity contribution in [2.75, 3.05) is 0 Å². The van der Waals surface area contributed by atoms with Crippen LogP contribution in [0.3, 0.4) is 0 Å². The number of alkyl halides is 1. The first-order valence-electron chi connectivity index (χ1n) is 5.89. The summed E-state index contributed by atoms with van der Waals surface area (Å²) in [7, 11) is 0. The van der Waals surface area contributed by atoms with E-state index < -0.39 is 0 Å². The molecule has 1 heterocycles. The van der Waals surface area contributed by atoms with Crippen molar-refractivity contribution in [3.8, 4) is 5.69 Å². The Morgan fingerprint density at radius 2 is 1.94 bits per heavy atom. The van der Waals surface area contributed by atoms with Crippen molar-refractivity contribution in [1.29, 1.82) is 0 Å². The topological polar surface area (TPSA) is 22.0 Å². The number of rotatable bonds is 2. The zero-order valence-corrected chi connectivity index (χ0v) is 12.4. The number of hydrogen-bond acceptors (Lipinski definition) is 1. The van der Waals surface area contributed by atoms with Crippen molar-refractivity contribution in [3.05, 3.63) is 63.1 Å². The number of nitrogens with zero attached hydrogens (tertiary/aromatic N) is 1. The molecule has 1 aromatic carbocycles. The van der Waals surface area contributed by atoms with Crippen molar-refractivity contribution in [1.82, 2.24) is 4.57 Å². The minimum Gasteiger partial charge on any atom is -0.320 e. The second-order valence-corrected chi connectivity index (χ2v) is 5.09. The van der Waals surface area contributed by atoms with Gasteiger partial charge in [0.1, 0.15) is 0 Å². The second kappa shape index (κ2) is 5.11. The van der Waals surface area contributed by atoms with E-state index in [1.54, 1.807) is 6.07 Å². The highest BCUT2D eigenvalue weighted by Crippen LogP contribution is 2.19. The van der Waals surface area contributed by atoms with Crippen molar-refractivity contribution < 1.29 is 0 Å². The summed E-state index contributed by atoms with van der Waals surface area (Å²) in [6, 6.07) is 7.92. The third kappa shape index (κ3) is 2.27. The van der Waals surface area contributed by atoms with E-state index in [9.17, 15) is 4.79 Å². The SMILES string of the molecule is Cc1cccc(-n2cc(CBr)c(=O)cc2C)c1C. The Kier molecular flexibility index (Phi) is 3.71. The lowest BCUT2D eigenvalue weighted by Crippen LogP contribution is -2.13. The average Bonchev–Trinajstić information content (AvgIpc) is 2.34. The van der Waals surface area contributed by atoms with E-state index >= 15 is 0 Å². The first-order chi connectivity index (χ1) is 8.54. The van der Waals surface area contributed by atoms with E-state index in [1.807, 2.05) is 19.2 Å². The van der Waals surface area contributed by atoms with Gasteiger partial charge in [-0.1, -0.05) is 28.1 Å². The molecule has 18 heavy (non-hydrogen) atoms. The number of aryl methyl sites for hydroxylation is 2. The molecule has 0 atom stereocenters. The molecule has 2 aromatic rings. The molecule has 2 nitrogen and oxygen atoms in total. The summed E-state index contributed by atoms with van der Waals surface area (Å²) in [6.45, 7) is 6.17. The Bertz CT molecular complexity index is 643. The molecule has 0 aliphatic carbocycles. The molecule has 0 N–H and O–H groups in total. The lowest BCUT2D eigenvalue weighted by molar-refractivity contribution is 0.944. The number of benzene rings is 1. The fourth-order valence-electron chi connectivity index (χ4n) is 2.03. The quantitative estimate of drug-likeness (QED) is 0.776. The number of pyridine rings is 1. The Hall–Kier alpha value is -1.35. The van der Waals surface area contributed by atoms with E-state index in [-0.39, 0.29) is 5.43 Å². The maximum absolute atomic E-state index is 11.8. The van der Waals surface area contributed by atoms with Gasteiger partial charge >= 0.3 is 0 Å².